The van der Waals surface area contributed by atoms with Crippen molar-refractivity contribution in [3.8, 4) is 0 Å². The topological polar surface area (TPSA) is 35.6 Å². The highest BCUT2D eigenvalue weighted by molar-refractivity contribution is 6.30. The van der Waals surface area contributed by atoms with Crippen molar-refractivity contribution in [2.75, 3.05) is 32.7 Å². The summed E-state index contributed by atoms with van der Waals surface area (Å²) in [5.74, 6) is 1.23. The maximum absolute atomic E-state index is 12.3. The molecule has 4 nitrogen and oxygen atoms in total. The fourth-order valence-electron chi connectivity index (χ4n) is 5.20. The first kappa shape index (κ1) is 19.2. The minimum Gasteiger partial charge on any atom is -0.353 e. The van der Waals surface area contributed by atoms with E-state index in [4.69, 9.17) is 11.6 Å². The zero-order valence-electron chi connectivity index (χ0n) is 16.2. The van der Waals surface area contributed by atoms with Crippen molar-refractivity contribution in [1.82, 2.24) is 15.1 Å². The molecule has 1 aliphatic carbocycles. The van der Waals surface area contributed by atoms with Crippen molar-refractivity contribution in [2.24, 2.45) is 11.8 Å². The van der Waals surface area contributed by atoms with E-state index in [2.05, 4.69) is 27.2 Å². The summed E-state index contributed by atoms with van der Waals surface area (Å²) < 4.78 is 0. The van der Waals surface area contributed by atoms with Gasteiger partial charge in [0.05, 0.1) is 0 Å². The summed E-state index contributed by atoms with van der Waals surface area (Å²) in [6.07, 6.45) is 7.26. The van der Waals surface area contributed by atoms with Crippen LogP contribution < -0.4 is 5.32 Å². The van der Waals surface area contributed by atoms with Crippen molar-refractivity contribution in [2.45, 2.75) is 51.1 Å². The standard InChI is InChI=1S/C22H32ClN3O/c23-18-9-7-17(8-10-18)16-26-14-12-25(13-15-26)11-3-5-20-19-4-1-2-6-21(19)24-22(20)27/h7-10,19-21H,1-6,11-16H2,(H,24,27)/t19-,20?,21+/m0/s1. The molecule has 0 bridgehead atoms. The summed E-state index contributed by atoms with van der Waals surface area (Å²) in [6.45, 7) is 6.66. The third kappa shape index (κ3) is 4.85. The predicted molar refractivity (Wildman–Crippen MR) is 110 cm³/mol. The van der Waals surface area contributed by atoms with Crippen LogP contribution in [0.5, 0.6) is 0 Å². The number of carbonyl (C=O) groups is 1. The van der Waals surface area contributed by atoms with Crippen LogP contribution in [0.25, 0.3) is 0 Å². The number of benzene rings is 1. The highest BCUT2D eigenvalue weighted by Gasteiger charge is 2.42. The molecule has 148 valence electrons. The van der Waals surface area contributed by atoms with Gasteiger partial charge in [-0.3, -0.25) is 9.69 Å². The molecule has 1 unspecified atom stereocenters. The van der Waals surface area contributed by atoms with Gasteiger partial charge in [-0.15, -0.1) is 0 Å². The van der Waals surface area contributed by atoms with Gasteiger partial charge in [0.2, 0.25) is 5.91 Å². The Morgan fingerprint density at radius 1 is 1.00 bits per heavy atom. The van der Waals surface area contributed by atoms with Crippen LogP contribution >= 0.6 is 11.6 Å². The van der Waals surface area contributed by atoms with Crippen LogP contribution in [0.15, 0.2) is 24.3 Å². The molecule has 27 heavy (non-hydrogen) atoms. The molecule has 1 saturated carbocycles. The number of fused-ring (bicyclic) bond motifs is 1. The number of rotatable bonds is 6. The zero-order chi connectivity index (χ0) is 18.6. The SMILES string of the molecule is O=C1N[C@@H]2CCCC[C@H]2C1CCCN1CCN(Cc2ccc(Cl)cc2)CC1. The number of halogens is 1. The van der Waals surface area contributed by atoms with E-state index in [1.54, 1.807) is 0 Å². The van der Waals surface area contributed by atoms with Crippen molar-refractivity contribution in [3.05, 3.63) is 34.9 Å². The second-order valence-corrected chi connectivity index (χ2v) is 8.99. The van der Waals surface area contributed by atoms with Crippen LogP contribution in [-0.2, 0) is 11.3 Å². The van der Waals surface area contributed by atoms with Crippen LogP contribution in [0.2, 0.25) is 5.02 Å². The van der Waals surface area contributed by atoms with Crippen LogP contribution in [0, 0.1) is 11.8 Å². The molecule has 0 spiro atoms. The van der Waals surface area contributed by atoms with Gasteiger partial charge in [-0.05, 0) is 55.8 Å². The van der Waals surface area contributed by atoms with E-state index >= 15 is 0 Å². The molecule has 2 heterocycles. The van der Waals surface area contributed by atoms with Gasteiger partial charge >= 0.3 is 0 Å². The summed E-state index contributed by atoms with van der Waals surface area (Å²) in [7, 11) is 0. The fourth-order valence-corrected chi connectivity index (χ4v) is 5.33. The number of amides is 1. The number of nitrogens with zero attached hydrogens (tertiary/aromatic N) is 2. The minimum atomic E-state index is 0.279. The Morgan fingerprint density at radius 3 is 2.48 bits per heavy atom. The molecule has 1 N–H and O–H groups in total. The molecule has 1 amide bonds. The van der Waals surface area contributed by atoms with E-state index in [0.29, 0.717) is 17.9 Å². The van der Waals surface area contributed by atoms with Gasteiger partial charge < -0.3 is 10.2 Å². The first-order chi connectivity index (χ1) is 13.2. The first-order valence-corrected chi connectivity index (χ1v) is 11.1. The number of hydrogen-bond donors (Lipinski definition) is 1. The van der Waals surface area contributed by atoms with E-state index in [-0.39, 0.29) is 5.92 Å². The Morgan fingerprint density at radius 2 is 1.70 bits per heavy atom. The normalized spacial score (nSPS) is 29.5. The quantitative estimate of drug-likeness (QED) is 0.808. The Hall–Kier alpha value is -1.10. The van der Waals surface area contributed by atoms with E-state index in [9.17, 15) is 4.79 Å². The molecular formula is C22H32ClN3O. The lowest BCUT2D eigenvalue weighted by Gasteiger charge is -2.35. The Labute approximate surface area is 168 Å². The molecule has 0 aromatic heterocycles. The molecule has 3 fully saturated rings. The van der Waals surface area contributed by atoms with E-state index < -0.39 is 0 Å². The Balaban J connectivity index is 1.16. The lowest BCUT2D eigenvalue weighted by molar-refractivity contribution is -0.123. The molecule has 1 aromatic rings. The van der Waals surface area contributed by atoms with Gasteiger partial charge in [-0.25, -0.2) is 0 Å². The first-order valence-electron chi connectivity index (χ1n) is 10.7. The second kappa shape index (κ2) is 8.93. The fraction of sp³-hybridized carbons (Fsp3) is 0.682. The molecule has 0 radical (unpaired) electrons. The maximum atomic E-state index is 12.3. The molecule has 2 aliphatic heterocycles. The monoisotopic (exact) mass is 389 g/mol. The maximum Gasteiger partial charge on any atom is 0.223 e. The van der Waals surface area contributed by atoms with E-state index in [1.807, 2.05) is 12.1 Å². The third-order valence-electron chi connectivity index (χ3n) is 6.77. The predicted octanol–water partition coefficient (Wildman–Crippen LogP) is 3.54. The third-order valence-corrected chi connectivity index (χ3v) is 7.03. The van der Waals surface area contributed by atoms with E-state index in [1.165, 1.54) is 31.2 Å². The summed E-state index contributed by atoms with van der Waals surface area (Å²) in [5.41, 5.74) is 1.34. The number of piperazine rings is 1. The van der Waals surface area contributed by atoms with Crippen LogP contribution in [-0.4, -0.2) is 54.5 Å². The minimum absolute atomic E-state index is 0.279. The molecule has 2 saturated heterocycles. The number of carbonyl (C=O) groups excluding carboxylic acids is 1. The van der Waals surface area contributed by atoms with Crippen molar-refractivity contribution >= 4 is 17.5 Å². The van der Waals surface area contributed by atoms with Gasteiger partial charge in [0, 0.05) is 49.7 Å². The van der Waals surface area contributed by atoms with Gasteiger partial charge in [0.1, 0.15) is 0 Å². The summed E-state index contributed by atoms with van der Waals surface area (Å²) in [4.78, 5) is 17.4. The van der Waals surface area contributed by atoms with Gasteiger partial charge in [0.25, 0.3) is 0 Å². The molecule has 4 rings (SSSR count). The van der Waals surface area contributed by atoms with Crippen molar-refractivity contribution in [1.29, 1.82) is 0 Å². The van der Waals surface area contributed by atoms with Gasteiger partial charge in [-0.2, -0.15) is 0 Å². The van der Waals surface area contributed by atoms with Gasteiger partial charge in [-0.1, -0.05) is 36.6 Å². The lowest BCUT2D eigenvalue weighted by Crippen LogP contribution is -2.46. The van der Waals surface area contributed by atoms with Crippen molar-refractivity contribution in [3.63, 3.8) is 0 Å². The highest BCUT2D eigenvalue weighted by atomic mass is 35.5. The molecule has 1 aromatic carbocycles. The van der Waals surface area contributed by atoms with Crippen molar-refractivity contribution < 1.29 is 4.79 Å². The smallest absolute Gasteiger partial charge is 0.223 e. The number of nitrogens with one attached hydrogen (secondary N) is 1. The Kier molecular flexibility index (Phi) is 6.36. The van der Waals surface area contributed by atoms with Crippen LogP contribution in [0.3, 0.4) is 0 Å². The number of hydrogen-bond acceptors (Lipinski definition) is 3. The molecule has 3 aliphatic rings. The van der Waals surface area contributed by atoms with Crippen LogP contribution in [0.1, 0.15) is 44.1 Å². The molecule has 5 heteroatoms. The Bertz CT molecular complexity index is 627. The highest BCUT2D eigenvalue weighted by Crippen LogP contribution is 2.37. The summed E-state index contributed by atoms with van der Waals surface area (Å²) in [5, 5.41) is 4.06. The molecule has 3 atom stereocenters. The average Bonchev–Trinajstić information content (AvgIpc) is 3.00. The summed E-state index contributed by atoms with van der Waals surface area (Å²) in [6, 6.07) is 8.68. The summed E-state index contributed by atoms with van der Waals surface area (Å²) >= 11 is 5.97. The zero-order valence-corrected chi connectivity index (χ0v) is 17.0. The van der Waals surface area contributed by atoms with E-state index in [0.717, 1.165) is 57.1 Å². The second-order valence-electron chi connectivity index (χ2n) is 8.56. The molecular weight excluding hydrogens is 358 g/mol. The van der Waals surface area contributed by atoms with Gasteiger partial charge in [0.15, 0.2) is 0 Å². The largest absolute Gasteiger partial charge is 0.353 e. The lowest BCUT2D eigenvalue weighted by atomic mass is 9.78. The average molecular weight is 390 g/mol. The van der Waals surface area contributed by atoms with Crippen LogP contribution in [0.4, 0.5) is 0 Å².